The monoisotopic (exact) mass is 349 g/mol. The maximum atomic E-state index is 13.1. The summed E-state index contributed by atoms with van der Waals surface area (Å²) in [4.78, 5) is 15.4. The fraction of sp³-hybridized carbons (Fsp3) is 0.318. The lowest BCUT2D eigenvalue weighted by Gasteiger charge is -2.37. The van der Waals surface area contributed by atoms with E-state index < -0.39 is 11.6 Å². The van der Waals surface area contributed by atoms with Crippen molar-refractivity contribution in [3.05, 3.63) is 83.9 Å². The second-order valence-electron chi connectivity index (χ2n) is 7.13. The molecule has 0 aliphatic carbocycles. The molecule has 2 aliphatic heterocycles. The highest BCUT2D eigenvalue weighted by Gasteiger charge is 2.44. The molecular formula is C22H23NO3. The molecule has 0 aromatic heterocycles. The van der Waals surface area contributed by atoms with Crippen LogP contribution in [0.3, 0.4) is 0 Å². The number of ether oxygens (including phenoxy) is 1. The van der Waals surface area contributed by atoms with Crippen LogP contribution in [0.2, 0.25) is 0 Å². The molecule has 0 radical (unpaired) electrons. The van der Waals surface area contributed by atoms with E-state index in [2.05, 4.69) is 24.1 Å². The number of carbonyl (C=O) groups is 1. The fourth-order valence-corrected chi connectivity index (χ4v) is 3.99. The Morgan fingerprint density at radius 1 is 0.962 bits per heavy atom. The molecule has 2 aliphatic rings. The first-order valence-corrected chi connectivity index (χ1v) is 9.04. The quantitative estimate of drug-likeness (QED) is 0.681. The highest BCUT2D eigenvalue weighted by molar-refractivity contribution is 5.85. The summed E-state index contributed by atoms with van der Waals surface area (Å²) in [5.41, 5.74) is -0.770. The van der Waals surface area contributed by atoms with Crippen molar-refractivity contribution >= 4 is 5.97 Å². The summed E-state index contributed by atoms with van der Waals surface area (Å²) in [6.45, 7) is 0. The van der Waals surface area contributed by atoms with Crippen LogP contribution >= 0.6 is 0 Å². The van der Waals surface area contributed by atoms with Crippen molar-refractivity contribution in [1.29, 1.82) is 0 Å². The van der Waals surface area contributed by atoms with Gasteiger partial charge in [-0.2, -0.15) is 0 Å². The van der Waals surface area contributed by atoms with Gasteiger partial charge in [-0.25, -0.2) is 4.79 Å². The van der Waals surface area contributed by atoms with Crippen molar-refractivity contribution < 1.29 is 14.6 Å². The van der Waals surface area contributed by atoms with Crippen molar-refractivity contribution in [1.82, 2.24) is 4.90 Å². The van der Waals surface area contributed by atoms with Gasteiger partial charge >= 0.3 is 5.97 Å². The Hall–Kier alpha value is -2.43. The molecule has 1 N–H and O–H groups in total. The van der Waals surface area contributed by atoms with Crippen molar-refractivity contribution in [2.24, 2.45) is 0 Å². The number of carbonyl (C=O) groups excluding carboxylic acids is 1. The van der Waals surface area contributed by atoms with Gasteiger partial charge in [-0.3, -0.25) is 4.90 Å². The van der Waals surface area contributed by atoms with E-state index in [-0.39, 0.29) is 6.10 Å². The standard InChI is InChI=1S/C22H23NO3/c1-23-18-12-13-19(23)15-20(14-18)26-21(24)22(25,16-8-4-2-5-9-16)17-10-6-3-7-11-17/h2-13,18-20,25H,14-15H2,1H3/t18-,19+,20-. The average Bonchev–Trinajstić information content (AvgIpc) is 2.89. The molecule has 26 heavy (non-hydrogen) atoms. The Morgan fingerprint density at radius 2 is 1.42 bits per heavy atom. The molecule has 4 heteroatoms. The van der Waals surface area contributed by atoms with Gasteiger partial charge in [-0.05, 0) is 18.2 Å². The van der Waals surface area contributed by atoms with Gasteiger partial charge in [0.15, 0.2) is 0 Å². The molecule has 0 amide bonds. The van der Waals surface area contributed by atoms with Crippen molar-refractivity contribution in [2.45, 2.75) is 36.6 Å². The number of esters is 1. The third kappa shape index (κ3) is 2.85. The first kappa shape index (κ1) is 17.0. The van der Waals surface area contributed by atoms with Gasteiger partial charge in [0.1, 0.15) is 6.10 Å². The van der Waals surface area contributed by atoms with Crippen LogP contribution in [-0.4, -0.2) is 41.2 Å². The smallest absolute Gasteiger partial charge is 0.347 e. The number of nitrogens with zero attached hydrogens (tertiary/aromatic N) is 1. The predicted molar refractivity (Wildman–Crippen MR) is 99.5 cm³/mol. The van der Waals surface area contributed by atoms with E-state index in [1.54, 1.807) is 24.3 Å². The van der Waals surface area contributed by atoms with Crippen molar-refractivity contribution in [3.8, 4) is 0 Å². The zero-order chi connectivity index (χ0) is 18.1. The third-order valence-corrected chi connectivity index (χ3v) is 5.56. The van der Waals surface area contributed by atoms with Crippen molar-refractivity contribution in [2.75, 3.05) is 7.05 Å². The fourth-order valence-electron chi connectivity index (χ4n) is 3.99. The highest BCUT2D eigenvalue weighted by atomic mass is 16.6. The summed E-state index contributed by atoms with van der Waals surface area (Å²) in [6, 6.07) is 18.6. The van der Waals surface area contributed by atoms with Gasteiger partial charge in [0, 0.05) is 24.9 Å². The lowest BCUT2D eigenvalue weighted by atomic mass is 9.86. The summed E-state index contributed by atoms with van der Waals surface area (Å²) < 4.78 is 5.84. The molecule has 0 spiro atoms. The molecule has 1 saturated heterocycles. The first-order chi connectivity index (χ1) is 12.6. The Balaban J connectivity index is 1.62. The number of aliphatic hydroxyl groups is 1. The van der Waals surface area contributed by atoms with Crippen LogP contribution in [0.5, 0.6) is 0 Å². The number of hydrogen-bond donors (Lipinski definition) is 1. The maximum Gasteiger partial charge on any atom is 0.347 e. The van der Waals surface area contributed by atoms with Crippen LogP contribution in [-0.2, 0) is 15.1 Å². The van der Waals surface area contributed by atoms with Crippen LogP contribution in [0.15, 0.2) is 72.8 Å². The highest BCUT2D eigenvalue weighted by Crippen LogP contribution is 2.35. The third-order valence-electron chi connectivity index (χ3n) is 5.56. The lowest BCUT2D eigenvalue weighted by Crippen LogP contribution is -2.47. The van der Waals surface area contributed by atoms with Gasteiger partial charge in [0.2, 0.25) is 5.60 Å². The van der Waals surface area contributed by atoms with E-state index in [0.717, 1.165) is 12.8 Å². The van der Waals surface area contributed by atoms with Crippen LogP contribution in [0, 0.1) is 0 Å². The number of piperidine rings is 1. The van der Waals surface area contributed by atoms with E-state index in [1.807, 2.05) is 36.4 Å². The molecule has 2 bridgehead atoms. The van der Waals surface area contributed by atoms with Gasteiger partial charge in [-0.1, -0.05) is 72.8 Å². The molecule has 4 nitrogen and oxygen atoms in total. The van der Waals surface area contributed by atoms with Crippen LogP contribution in [0.25, 0.3) is 0 Å². The largest absolute Gasteiger partial charge is 0.460 e. The Bertz CT molecular complexity index is 747. The lowest BCUT2D eigenvalue weighted by molar-refractivity contribution is -0.170. The molecule has 134 valence electrons. The minimum Gasteiger partial charge on any atom is -0.460 e. The molecular weight excluding hydrogens is 326 g/mol. The Morgan fingerprint density at radius 3 is 1.88 bits per heavy atom. The van der Waals surface area contributed by atoms with Crippen LogP contribution in [0.1, 0.15) is 24.0 Å². The zero-order valence-electron chi connectivity index (χ0n) is 14.8. The van der Waals surface area contributed by atoms with E-state index in [9.17, 15) is 9.90 Å². The number of rotatable bonds is 4. The minimum absolute atomic E-state index is 0.192. The Labute approximate surface area is 153 Å². The van der Waals surface area contributed by atoms with Crippen molar-refractivity contribution in [3.63, 3.8) is 0 Å². The molecule has 0 saturated carbocycles. The topological polar surface area (TPSA) is 49.8 Å². The summed E-state index contributed by atoms with van der Waals surface area (Å²) >= 11 is 0. The minimum atomic E-state index is -1.81. The molecule has 4 rings (SSSR count). The molecule has 1 fully saturated rings. The van der Waals surface area contributed by atoms with E-state index in [0.29, 0.717) is 23.2 Å². The summed E-state index contributed by atoms with van der Waals surface area (Å²) in [7, 11) is 2.09. The van der Waals surface area contributed by atoms with E-state index in [4.69, 9.17) is 4.74 Å². The zero-order valence-corrected chi connectivity index (χ0v) is 14.8. The number of likely N-dealkylation sites (N-methyl/N-ethyl adjacent to an activating group) is 1. The molecule has 2 aromatic carbocycles. The first-order valence-electron chi connectivity index (χ1n) is 9.04. The predicted octanol–water partition coefficient (Wildman–Crippen LogP) is 2.87. The van der Waals surface area contributed by atoms with Crippen LogP contribution < -0.4 is 0 Å². The summed E-state index contributed by atoms with van der Waals surface area (Å²) in [5, 5.41) is 11.5. The van der Waals surface area contributed by atoms with Gasteiger partial charge in [0.25, 0.3) is 0 Å². The molecule has 2 heterocycles. The van der Waals surface area contributed by atoms with E-state index in [1.165, 1.54) is 0 Å². The maximum absolute atomic E-state index is 13.1. The van der Waals surface area contributed by atoms with Crippen LogP contribution in [0.4, 0.5) is 0 Å². The van der Waals surface area contributed by atoms with Gasteiger partial charge in [-0.15, -0.1) is 0 Å². The normalized spacial score (nSPS) is 25.2. The number of hydrogen-bond acceptors (Lipinski definition) is 4. The molecule has 2 aromatic rings. The number of fused-ring (bicyclic) bond motifs is 2. The molecule has 3 atom stereocenters. The molecule has 0 unspecified atom stereocenters. The summed E-state index contributed by atoms with van der Waals surface area (Å²) in [5.74, 6) is -0.608. The van der Waals surface area contributed by atoms with E-state index >= 15 is 0 Å². The number of benzene rings is 2. The SMILES string of the molecule is CN1[C@@H]2C=C[C@H]1C[C@H](OC(=O)C(O)(c1ccccc1)c1ccccc1)C2. The second-order valence-corrected chi connectivity index (χ2v) is 7.13. The Kier molecular flexibility index (Phi) is 4.39. The average molecular weight is 349 g/mol. The van der Waals surface area contributed by atoms with Gasteiger partial charge in [0.05, 0.1) is 0 Å². The second kappa shape index (κ2) is 6.71. The van der Waals surface area contributed by atoms with Gasteiger partial charge < -0.3 is 9.84 Å². The summed E-state index contributed by atoms with van der Waals surface area (Å²) in [6.07, 6.45) is 5.68.